The van der Waals surface area contributed by atoms with Gasteiger partial charge in [-0.1, -0.05) is 26.3 Å². The van der Waals surface area contributed by atoms with Gasteiger partial charge in [0.05, 0.1) is 11.0 Å². The number of aromatic nitrogens is 2. The number of rotatable bonds is 7. The average Bonchev–Trinajstić information content (AvgIpc) is 2.61. The number of fused-ring (bicyclic) bond motifs is 1. The number of aliphatic carboxylic acids is 1. The van der Waals surface area contributed by atoms with Gasteiger partial charge < -0.3 is 20.0 Å². The molecule has 2 aromatic rings. The van der Waals surface area contributed by atoms with Crippen LogP contribution in [0, 0.1) is 5.92 Å². The molecular formula is C18H23N3O5. The lowest BCUT2D eigenvalue weighted by Crippen LogP contribution is -2.45. The Balaban J connectivity index is 2.10. The number of benzene rings is 1. The van der Waals surface area contributed by atoms with Crippen LogP contribution in [0.2, 0.25) is 0 Å². The summed E-state index contributed by atoms with van der Waals surface area (Å²) in [6.07, 6.45) is 1.16. The number of amides is 1. The Hall–Kier alpha value is -2.90. The Kier molecular flexibility index (Phi) is 5.97. The molecule has 0 saturated carbocycles. The van der Waals surface area contributed by atoms with E-state index in [1.54, 1.807) is 25.1 Å². The normalized spacial score (nSPS) is 13.3. The summed E-state index contributed by atoms with van der Waals surface area (Å²) in [6.45, 7) is 3.65. The third-order valence-corrected chi connectivity index (χ3v) is 4.61. The second-order valence-corrected chi connectivity index (χ2v) is 6.44. The predicted octanol–water partition coefficient (Wildman–Crippen LogP) is 0.775. The maximum absolute atomic E-state index is 12.1. The Morgan fingerprint density at radius 1 is 1.31 bits per heavy atom. The molecule has 1 amide bonds. The van der Waals surface area contributed by atoms with Gasteiger partial charge in [-0.2, -0.15) is 0 Å². The smallest absolute Gasteiger partial charge is 0.326 e. The van der Waals surface area contributed by atoms with Crippen LogP contribution in [0.25, 0.3) is 11.0 Å². The van der Waals surface area contributed by atoms with E-state index in [1.807, 2.05) is 6.92 Å². The zero-order valence-electron chi connectivity index (χ0n) is 15.0. The molecule has 0 bridgehead atoms. The van der Waals surface area contributed by atoms with E-state index in [9.17, 15) is 24.3 Å². The summed E-state index contributed by atoms with van der Waals surface area (Å²) in [6, 6.07) is 4.29. The molecular weight excluding hydrogens is 338 g/mol. The number of carboxylic acid groups (broad SMARTS) is 1. The Morgan fingerprint density at radius 3 is 2.62 bits per heavy atom. The maximum Gasteiger partial charge on any atom is 0.326 e. The first-order valence-electron chi connectivity index (χ1n) is 8.48. The SMILES string of the molecule is CC[C@@H](C)[C@@H](NC(=O)CCc1ccc2c(c1)[nH]c(=O)c(=O)n2C)C(=O)O. The lowest BCUT2D eigenvalue weighted by molar-refractivity contribution is -0.143. The number of carbonyl (C=O) groups excluding carboxylic acids is 1. The van der Waals surface area contributed by atoms with Crippen molar-refractivity contribution >= 4 is 22.9 Å². The molecule has 8 heteroatoms. The molecule has 0 aliphatic carbocycles. The van der Waals surface area contributed by atoms with Crippen LogP contribution in [0.15, 0.2) is 27.8 Å². The number of carbonyl (C=O) groups is 2. The average molecular weight is 361 g/mol. The molecule has 0 radical (unpaired) electrons. The molecule has 140 valence electrons. The fourth-order valence-corrected chi connectivity index (χ4v) is 2.76. The summed E-state index contributed by atoms with van der Waals surface area (Å²) in [4.78, 5) is 49.1. The van der Waals surface area contributed by atoms with E-state index in [0.717, 1.165) is 5.56 Å². The predicted molar refractivity (Wildman–Crippen MR) is 97.2 cm³/mol. The van der Waals surface area contributed by atoms with E-state index in [1.165, 1.54) is 11.6 Å². The molecule has 8 nitrogen and oxygen atoms in total. The molecule has 3 N–H and O–H groups in total. The van der Waals surface area contributed by atoms with Crippen molar-refractivity contribution < 1.29 is 14.7 Å². The zero-order chi connectivity index (χ0) is 19.4. The highest BCUT2D eigenvalue weighted by Crippen LogP contribution is 2.13. The molecule has 2 atom stereocenters. The number of nitrogens with one attached hydrogen (secondary N) is 2. The minimum absolute atomic E-state index is 0.127. The highest BCUT2D eigenvalue weighted by molar-refractivity contribution is 5.84. The van der Waals surface area contributed by atoms with Crippen LogP contribution in [-0.2, 0) is 23.1 Å². The van der Waals surface area contributed by atoms with Crippen LogP contribution >= 0.6 is 0 Å². The zero-order valence-corrected chi connectivity index (χ0v) is 15.0. The van der Waals surface area contributed by atoms with Gasteiger partial charge in [0.2, 0.25) is 5.91 Å². The van der Waals surface area contributed by atoms with Gasteiger partial charge in [-0.25, -0.2) is 4.79 Å². The number of aromatic amines is 1. The molecule has 0 unspecified atom stereocenters. The molecule has 2 rings (SSSR count). The summed E-state index contributed by atoms with van der Waals surface area (Å²) in [5.41, 5.74) is 0.572. The Labute approximate surface area is 149 Å². The van der Waals surface area contributed by atoms with Gasteiger partial charge in [0.25, 0.3) is 0 Å². The summed E-state index contributed by atoms with van der Waals surface area (Å²) in [7, 11) is 1.52. The van der Waals surface area contributed by atoms with Crippen molar-refractivity contribution in [3.63, 3.8) is 0 Å². The van der Waals surface area contributed by atoms with Crippen LogP contribution in [0.1, 0.15) is 32.3 Å². The molecule has 0 spiro atoms. The van der Waals surface area contributed by atoms with Gasteiger partial charge in [0, 0.05) is 13.5 Å². The van der Waals surface area contributed by atoms with Crippen molar-refractivity contribution in [3.8, 4) is 0 Å². The second-order valence-electron chi connectivity index (χ2n) is 6.44. The van der Waals surface area contributed by atoms with Gasteiger partial charge in [-0.15, -0.1) is 0 Å². The van der Waals surface area contributed by atoms with Crippen molar-refractivity contribution in [1.82, 2.24) is 14.9 Å². The van der Waals surface area contributed by atoms with Gasteiger partial charge in [0.1, 0.15) is 6.04 Å². The fourth-order valence-electron chi connectivity index (χ4n) is 2.76. The van der Waals surface area contributed by atoms with E-state index in [4.69, 9.17) is 0 Å². The van der Waals surface area contributed by atoms with E-state index < -0.39 is 23.1 Å². The highest BCUT2D eigenvalue weighted by Gasteiger charge is 2.24. The third kappa shape index (κ3) is 4.19. The van der Waals surface area contributed by atoms with Crippen LogP contribution in [0.4, 0.5) is 0 Å². The first-order valence-corrected chi connectivity index (χ1v) is 8.48. The molecule has 0 aliphatic rings. The molecule has 26 heavy (non-hydrogen) atoms. The van der Waals surface area contributed by atoms with E-state index in [2.05, 4.69) is 10.3 Å². The van der Waals surface area contributed by atoms with Crippen molar-refractivity contribution in [2.75, 3.05) is 0 Å². The summed E-state index contributed by atoms with van der Waals surface area (Å²) in [5, 5.41) is 11.8. The van der Waals surface area contributed by atoms with Crippen LogP contribution in [0.5, 0.6) is 0 Å². The second kappa shape index (κ2) is 7.99. The standard InChI is InChI=1S/C18H23N3O5/c1-4-10(2)15(18(25)26)20-14(22)8-6-11-5-7-13-12(9-11)19-16(23)17(24)21(13)3/h5,7,9-10,15H,4,6,8H2,1-3H3,(H,19,23)(H,20,22)(H,25,26)/t10-,15-/m1/s1. The van der Waals surface area contributed by atoms with E-state index >= 15 is 0 Å². The third-order valence-electron chi connectivity index (χ3n) is 4.61. The van der Waals surface area contributed by atoms with Gasteiger partial charge in [-0.05, 0) is 30.0 Å². The number of carboxylic acids is 1. The molecule has 0 aliphatic heterocycles. The van der Waals surface area contributed by atoms with Gasteiger partial charge in [0.15, 0.2) is 0 Å². The van der Waals surface area contributed by atoms with Crippen molar-refractivity contribution in [2.24, 2.45) is 13.0 Å². The van der Waals surface area contributed by atoms with Crippen molar-refractivity contribution in [3.05, 3.63) is 44.5 Å². The number of nitrogens with zero attached hydrogens (tertiary/aromatic N) is 1. The first-order chi connectivity index (χ1) is 12.2. The van der Waals surface area contributed by atoms with E-state index in [0.29, 0.717) is 23.9 Å². The number of aryl methyl sites for hydroxylation is 2. The van der Waals surface area contributed by atoms with Gasteiger partial charge in [-0.3, -0.25) is 14.4 Å². The Morgan fingerprint density at radius 2 is 2.00 bits per heavy atom. The van der Waals surface area contributed by atoms with Gasteiger partial charge >= 0.3 is 17.1 Å². The molecule has 1 heterocycles. The number of hydrogen-bond donors (Lipinski definition) is 3. The maximum atomic E-state index is 12.1. The van der Waals surface area contributed by atoms with Crippen LogP contribution < -0.4 is 16.4 Å². The molecule has 0 fully saturated rings. The highest BCUT2D eigenvalue weighted by atomic mass is 16.4. The summed E-state index contributed by atoms with van der Waals surface area (Å²) < 4.78 is 1.27. The van der Waals surface area contributed by atoms with Crippen LogP contribution in [0.3, 0.4) is 0 Å². The van der Waals surface area contributed by atoms with E-state index in [-0.39, 0.29) is 18.2 Å². The number of H-pyrrole nitrogens is 1. The summed E-state index contributed by atoms with van der Waals surface area (Å²) in [5.74, 6) is -1.55. The van der Waals surface area contributed by atoms with Crippen LogP contribution in [-0.4, -0.2) is 32.6 Å². The molecule has 1 aromatic heterocycles. The molecule has 1 aromatic carbocycles. The molecule has 0 saturated heterocycles. The van der Waals surface area contributed by atoms with Crippen molar-refractivity contribution in [2.45, 2.75) is 39.2 Å². The topological polar surface area (TPSA) is 121 Å². The van der Waals surface area contributed by atoms with Crippen molar-refractivity contribution in [1.29, 1.82) is 0 Å². The largest absolute Gasteiger partial charge is 0.480 e. The lowest BCUT2D eigenvalue weighted by Gasteiger charge is -2.20. The Bertz CT molecular complexity index is 944. The quantitative estimate of drug-likeness (QED) is 0.629. The monoisotopic (exact) mass is 361 g/mol. The summed E-state index contributed by atoms with van der Waals surface area (Å²) >= 11 is 0. The first kappa shape index (κ1) is 19.4. The number of hydrogen-bond acceptors (Lipinski definition) is 4. The lowest BCUT2D eigenvalue weighted by atomic mass is 9.99. The minimum atomic E-state index is -1.04. The minimum Gasteiger partial charge on any atom is -0.480 e. The fraction of sp³-hybridized carbons (Fsp3) is 0.444.